The molecule has 0 bridgehead atoms. The molecule has 1 saturated carbocycles. The van der Waals surface area contributed by atoms with Crippen molar-refractivity contribution in [3.8, 4) is 17.2 Å². The molecule has 1 saturated heterocycles. The molecule has 0 unspecified atom stereocenters. The van der Waals surface area contributed by atoms with Crippen molar-refractivity contribution in [1.29, 1.82) is 0 Å². The first-order chi connectivity index (χ1) is 13.6. The van der Waals surface area contributed by atoms with E-state index in [4.69, 9.17) is 18.6 Å². The second kappa shape index (κ2) is 6.74. The molecular formula is C21H23NO6. The molecule has 7 heteroatoms. The molecule has 2 fully saturated rings. The second-order valence-corrected chi connectivity index (χ2v) is 7.85. The highest BCUT2D eigenvalue weighted by Crippen LogP contribution is 2.40. The molecule has 1 aliphatic carbocycles. The van der Waals surface area contributed by atoms with E-state index in [2.05, 4.69) is 0 Å². The Bertz CT molecular complexity index is 893. The predicted octanol–water partition coefficient (Wildman–Crippen LogP) is 2.61. The van der Waals surface area contributed by atoms with Gasteiger partial charge in [0.05, 0.1) is 6.10 Å². The fourth-order valence-corrected chi connectivity index (χ4v) is 4.51. The van der Waals surface area contributed by atoms with Crippen molar-refractivity contribution >= 4 is 5.91 Å². The van der Waals surface area contributed by atoms with E-state index in [9.17, 15) is 9.90 Å². The van der Waals surface area contributed by atoms with E-state index in [0.29, 0.717) is 54.9 Å². The second-order valence-electron chi connectivity index (χ2n) is 7.85. The number of aryl methyl sites for hydroxylation is 1. The van der Waals surface area contributed by atoms with Crippen LogP contribution < -0.4 is 14.2 Å². The first-order valence-electron chi connectivity index (χ1n) is 9.67. The van der Waals surface area contributed by atoms with Crippen LogP contribution in [0.2, 0.25) is 0 Å². The largest absolute Gasteiger partial charge is 0.488 e. The van der Waals surface area contributed by atoms with Crippen LogP contribution in [-0.4, -0.2) is 48.0 Å². The summed E-state index contributed by atoms with van der Waals surface area (Å²) in [4.78, 5) is 14.5. The molecule has 2 aromatic rings. The van der Waals surface area contributed by atoms with Crippen LogP contribution in [0.5, 0.6) is 17.2 Å². The number of amides is 1. The summed E-state index contributed by atoms with van der Waals surface area (Å²) in [6.07, 6.45) is 0.470. The van der Waals surface area contributed by atoms with E-state index >= 15 is 0 Å². The summed E-state index contributed by atoms with van der Waals surface area (Å²) in [7, 11) is 0. The van der Waals surface area contributed by atoms with Crippen molar-refractivity contribution in [2.24, 2.45) is 11.8 Å². The molecule has 1 aromatic carbocycles. The highest BCUT2D eigenvalue weighted by molar-refractivity contribution is 5.91. The zero-order chi connectivity index (χ0) is 19.3. The Morgan fingerprint density at radius 1 is 1.11 bits per heavy atom. The third kappa shape index (κ3) is 3.09. The van der Waals surface area contributed by atoms with Gasteiger partial charge in [0, 0.05) is 19.2 Å². The monoisotopic (exact) mass is 385 g/mol. The summed E-state index contributed by atoms with van der Waals surface area (Å²) in [5.74, 6) is 3.64. The minimum atomic E-state index is -0.562. The predicted molar refractivity (Wildman–Crippen MR) is 98.6 cm³/mol. The van der Waals surface area contributed by atoms with Gasteiger partial charge >= 0.3 is 0 Å². The molecule has 3 aliphatic rings. The van der Waals surface area contributed by atoms with Crippen molar-refractivity contribution < 1.29 is 28.5 Å². The number of ether oxygens (including phenoxy) is 3. The summed E-state index contributed by atoms with van der Waals surface area (Å²) < 4.78 is 22.3. The van der Waals surface area contributed by atoms with Gasteiger partial charge < -0.3 is 28.6 Å². The number of nitrogens with zero attached hydrogens (tertiary/aromatic N) is 1. The number of fused-ring (bicyclic) bond motifs is 2. The smallest absolute Gasteiger partial charge is 0.289 e. The van der Waals surface area contributed by atoms with Crippen molar-refractivity contribution in [3.63, 3.8) is 0 Å². The van der Waals surface area contributed by atoms with Gasteiger partial charge in [-0.1, -0.05) is 0 Å². The van der Waals surface area contributed by atoms with Gasteiger partial charge in [-0.2, -0.15) is 0 Å². The SMILES string of the molecule is Cc1ccc(C(=O)N2C[C@H]3C[C@@H](Oc4ccc5c(c4)OCO5)[C@H](O)C[C@H]3C2)o1. The maximum Gasteiger partial charge on any atom is 0.289 e. The van der Waals surface area contributed by atoms with Crippen LogP contribution in [0.1, 0.15) is 29.2 Å². The highest BCUT2D eigenvalue weighted by atomic mass is 16.7. The lowest BCUT2D eigenvalue weighted by Gasteiger charge is -2.35. The van der Waals surface area contributed by atoms with Gasteiger partial charge in [0.2, 0.25) is 6.79 Å². The summed E-state index contributed by atoms with van der Waals surface area (Å²) in [5, 5.41) is 10.6. The third-order valence-corrected chi connectivity index (χ3v) is 5.95. The van der Waals surface area contributed by atoms with Gasteiger partial charge in [-0.25, -0.2) is 0 Å². The molecule has 148 valence electrons. The maximum atomic E-state index is 12.7. The molecule has 1 aromatic heterocycles. The lowest BCUT2D eigenvalue weighted by Crippen LogP contribution is -2.42. The zero-order valence-electron chi connectivity index (χ0n) is 15.7. The molecule has 4 atom stereocenters. The Balaban J connectivity index is 1.25. The molecule has 7 nitrogen and oxygen atoms in total. The minimum Gasteiger partial charge on any atom is -0.488 e. The van der Waals surface area contributed by atoms with Crippen molar-refractivity contribution in [1.82, 2.24) is 4.90 Å². The van der Waals surface area contributed by atoms with Gasteiger partial charge in [-0.05, 0) is 55.9 Å². The summed E-state index contributed by atoms with van der Waals surface area (Å²) in [6, 6.07) is 8.97. The minimum absolute atomic E-state index is 0.0785. The van der Waals surface area contributed by atoms with Gasteiger partial charge in [0.15, 0.2) is 17.3 Å². The van der Waals surface area contributed by atoms with E-state index in [1.54, 1.807) is 18.2 Å². The molecule has 3 heterocycles. The number of hydrogen-bond donors (Lipinski definition) is 1. The van der Waals surface area contributed by atoms with Gasteiger partial charge in [-0.15, -0.1) is 0 Å². The topological polar surface area (TPSA) is 81.4 Å². The third-order valence-electron chi connectivity index (χ3n) is 5.95. The quantitative estimate of drug-likeness (QED) is 0.875. The van der Waals surface area contributed by atoms with Gasteiger partial charge in [-0.3, -0.25) is 4.79 Å². The Hall–Kier alpha value is -2.67. The number of carbonyl (C=O) groups excluding carboxylic acids is 1. The highest BCUT2D eigenvalue weighted by Gasteiger charge is 2.44. The summed E-state index contributed by atoms with van der Waals surface area (Å²) >= 11 is 0. The van der Waals surface area contributed by atoms with Crippen molar-refractivity contribution in [3.05, 3.63) is 41.9 Å². The summed E-state index contributed by atoms with van der Waals surface area (Å²) in [5.41, 5.74) is 0. The number of rotatable bonds is 3. The van der Waals surface area contributed by atoms with Crippen LogP contribution in [-0.2, 0) is 0 Å². The number of aliphatic hydroxyl groups is 1. The van der Waals surface area contributed by atoms with Gasteiger partial charge in [0.25, 0.3) is 5.91 Å². The number of benzene rings is 1. The Morgan fingerprint density at radius 3 is 2.68 bits per heavy atom. The van der Waals surface area contributed by atoms with Crippen LogP contribution in [0.4, 0.5) is 0 Å². The number of aliphatic hydroxyl groups excluding tert-OH is 1. The lowest BCUT2D eigenvalue weighted by molar-refractivity contribution is -0.0232. The maximum absolute atomic E-state index is 12.7. The number of hydrogen-bond acceptors (Lipinski definition) is 6. The Morgan fingerprint density at radius 2 is 1.89 bits per heavy atom. The Labute approximate surface area is 162 Å². The molecule has 2 aliphatic heterocycles. The van der Waals surface area contributed by atoms with Crippen molar-refractivity contribution in [2.75, 3.05) is 19.9 Å². The standard InChI is InChI=1S/C21H23NO6/c1-12-2-4-18(27-12)21(24)22-9-13-6-16(23)19(7-14(13)10-22)28-15-3-5-17-20(8-15)26-11-25-17/h2-5,8,13-14,16,19,23H,6-7,9-11H2,1H3/t13-,14+,16+,19+/m0/s1. The molecule has 0 radical (unpaired) electrons. The number of likely N-dealkylation sites (tertiary alicyclic amines) is 1. The van der Waals surface area contributed by atoms with E-state index < -0.39 is 6.10 Å². The Kier molecular flexibility index (Phi) is 4.19. The molecule has 0 spiro atoms. The van der Waals surface area contributed by atoms with E-state index in [1.165, 1.54) is 0 Å². The average molecular weight is 385 g/mol. The van der Waals surface area contributed by atoms with E-state index in [1.807, 2.05) is 24.0 Å². The van der Waals surface area contributed by atoms with Crippen LogP contribution in [0.3, 0.4) is 0 Å². The summed E-state index contributed by atoms with van der Waals surface area (Å²) in [6.45, 7) is 3.36. The zero-order valence-corrected chi connectivity index (χ0v) is 15.7. The molecule has 28 heavy (non-hydrogen) atoms. The number of carbonyl (C=O) groups is 1. The van der Waals surface area contributed by atoms with Crippen molar-refractivity contribution in [2.45, 2.75) is 32.0 Å². The van der Waals surface area contributed by atoms with Gasteiger partial charge in [0.1, 0.15) is 17.6 Å². The van der Waals surface area contributed by atoms with Crippen LogP contribution in [0, 0.1) is 18.8 Å². The molecule has 1 amide bonds. The van der Waals surface area contributed by atoms with Crippen LogP contribution in [0.25, 0.3) is 0 Å². The lowest BCUT2D eigenvalue weighted by atomic mass is 9.78. The fraction of sp³-hybridized carbons (Fsp3) is 0.476. The normalized spacial score (nSPS) is 28.3. The van der Waals surface area contributed by atoms with Crippen LogP contribution in [0.15, 0.2) is 34.7 Å². The number of furan rings is 1. The first-order valence-corrected chi connectivity index (χ1v) is 9.67. The van der Waals surface area contributed by atoms with E-state index in [-0.39, 0.29) is 24.7 Å². The van der Waals surface area contributed by atoms with E-state index in [0.717, 1.165) is 5.76 Å². The average Bonchev–Trinajstić information content (AvgIpc) is 3.40. The fourth-order valence-electron chi connectivity index (χ4n) is 4.51. The first kappa shape index (κ1) is 17.4. The molecule has 5 rings (SSSR count). The molecule has 1 N–H and O–H groups in total. The van der Waals surface area contributed by atoms with Crippen LogP contribution >= 0.6 is 0 Å². The molecular weight excluding hydrogens is 362 g/mol.